The standard InChI is InChI=1S/C14H18N2O3S/c1-5-9-8(2)6-10(20-9)12(18)16-7-11(17)15-13(19)14(16,3)4/h6H,5,7H2,1-4H3,(H,15,17,19). The third-order valence-corrected chi connectivity index (χ3v) is 4.95. The highest BCUT2D eigenvalue weighted by Gasteiger charge is 2.44. The second-order valence-corrected chi connectivity index (χ2v) is 6.53. The van der Waals surface area contributed by atoms with Gasteiger partial charge in [0.25, 0.3) is 11.8 Å². The fourth-order valence-electron chi connectivity index (χ4n) is 2.22. The molecule has 3 amide bonds. The summed E-state index contributed by atoms with van der Waals surface area (Å²) >= 11 is 1.43. The van der Waals surface area contributed by atoms with Crippen LogP contribution in [0.5, 0.6) is 0 Å². The third-order valence-electron chi connectivity index (χ3n) is 3.58. The van der Waals surface area contributed by atoms with E-state index in [0.717, 1.165) is 16.9 Å². The van der Waals surface area contributed by atoms with Gasteiger partial charge in [0.05, 0.1) is 4.88 Å². The maximum absolute atomic E-state index is 12.6. The van der Waals surface area contributed by atoms with E-state index in [9.17, 15) is 14.4 Å². The molecule has 0 spiro atoms. The van der Waals surface area contributed by atoms with Gasteiger partial charge in [0, 0.05) is 4.88 Å². The minimum atomic E-state index is -1.02. The summed E-state index contributed by atoms with van der Waals surface area (Å²) in [6.45, 7) is 7.21. The van der Waals surface area contributed by atoms with Crippen molar-refractivity contribution in [3.8, 4) is 0 Å². The van der Waals surface area contributed by atoms with Gasteiger partial charge in [0.15, 0.2) is 0 Å². The Morgan fingerprint density at radius 1 is 1.45 bits per heavy atom. The third kappa shape index (κ3) is 2.35. The van der Waals surface area contributed by atoms with Crippen molar-refractivity contribution in [2.45, 2.75) is 39.7 Å². The number of hydrogen-bond acceptors (Lipinski definition) is 4. The first-order valence-electron chi connectivity index (χ1n) is 6.53. The number of carbonyl (C=O) groups is 3. The minimum Gasteiger partial charge on any atom is -0.314 e. The van der Waals surface area contributed by atoms with Crippen molar-refractivity contribution in [3.05, 3.63) is 21.4 Å². The van der Waals surface area contributed by atoms with Gasteiger partial charge in [-0.3, -0.25) is 19.7 Å². The van der Waals surface area contributed by atoms with Gasteiger partial charge in [-0.05, 0) is 38.8 Å². The van der Waals surface area contributed by atoms with Crippen LogP contribution < -0.4 is 5.32 Å². The molecule has 6 heteroatoms. The van der Waals surface area contributed by atoms with E-state index >= 15 is 0 Å². The summed E-state index contributed by atoms with van der Waals surface area (Å²) in [6.07, 6.45) is 0.868. The van der Waals surface area contributed by atoms with E-state index in [4.69, 9.17) is 0 Å². The number of thiophene rings is 1. The first kappa shape index (κ1) is 14.7. The smallest absolute Gasteiger partial charge is 0.265 e. The Morgan fingerprint density at radius 2 is 2.10 bits per heavy atom. The zero-order valence-corrected chi connectivity index (χ0v) is 12.9. The number of nitrogens with one attached hydrogen (secondary N) is 1. The predicted molar refractivity (Wildman–Crippen MR) is 76.7 cm³/mol. The lowest BCUT2D eigenvalue weighted by Gasteiger charge is -2.39. The van der Waals surface area contributed by atoms with Gasteiger partial charge in [-0.25, -0.2) is 0 Å². The molecule has 0 unspecified atom stereocenters. The molecular formula is C14H18N2O3S. The van der Waals surface area contributed by atoms with Crippen LogP contribution in [0, 0.1) is 6.92 Å². The zero-order valence-electron chi connectivity index (χ0n) is 12.1. The molecule has 2 rings (SSSR count). The summed E-state index contributed by atoms with van der Waals surface area (Å²) in [5.74, 6) is -1.14. The van der Waals surface area contributed by atoms with Crippen molar-refractivity contribution >= 4 is 29.1 Å². The quantitative estimate of drug-likeness (QED) is 0.841. The molecule has 1 aromatic rings. The van der Waals surface area contributed by atoms with E-state index in [2.05, 4.69) is 5.32 Å². The van der Waals surface area contributed by atoms with E-state index in [1.165, 1.54) is 16.2 Å². The Morgan fingerprint density at radius 3 is 2.65 bits per heavy atom. The van der Waals surface area contributed by atoms with Crippen LogP contribution in [-0.4, -0.2) is 34.7 Å². The van der Waals surface area contributed by atoms with Gasteiger partial charge in [0.2, 0.25) is 5.91 Å². The van der Waals surface area contributed by atoms with Crippen LogP contribution in [0.1, 0.15) is 40.9 Å². The van der Waals surface area contributed by atoms with Crippen molar-refractivity contribution in [2.24, 2.45) is 0 Å². The number of rotatable bonds is 2. The van der Waals surface area contributed by atoms with Gasteiger partial charge in [-0.2, -0.15) is 0 Å². The Balaban J connectivity index is 2.35. The monoisotopic (exact) mass is 294 g/mol. The summed E-state index contributed by atoms with van der Waals surface area (Å²) in [6, 6.07) is 1.83. The minimum absolute atomic E-state index is 0.0873. The molecule has 0 atom stereocenters. The molecule has 1 N–H and O–H groups in total. The van der Waals surface area contributed by atoms with E-state index < -0.39 is 17.4 Å². The van der Waals surface area contributed by atoms with Crippen molar-refractivity contribution in [2.75, 3.05) is 6.54 Å². The van der Waals surface area contributed by atoms with E-state index in [1.807, 2.05) is 19.9 Å². The number of aryl methyl sites for hydroxylation is 2. The molecule has 0 aromatic carbocycles. The average Bonchev–Trinajstić information content (AvgIpc) is 2.74. The summed E-state index contributed by atoms with van der Waals surface area (Å²) in [7, 11) is 0. The summed E-state index contributed by atoms with van der Waals surface area (Å²) in [5, 5.41) is 2.27. The second-order valence-electron chi connectivity index (χ2n) is 5.40. The largest absolute Gasteiger partial charge is 0.314 e. The lowest BCUT2D eigenvalue weighted by Crippen LogP contribution is -2.65. The van der Waals surface area contributed by atoms with Crippen LogP contribution in [0.2, 0.25) is 0 Å². The lowest BCUT2D eigenvalue weighted by atomic mass is 9.98. The molecule has 2 heterocycles. The fourth-order valence-corrected chi connectivity index (χ4v) is 3.28. The molecular weight excluding hydrogens is 276 g/mol. The molecule has 5 nitrogen and oxygen atoms in total. The fraction of sp³-hybridized carbons (Fsp3) is 0.500. The number of piperazine rings is 1. The van der Waals surface area contributed by atoms with Crippen LogP contribution in [0.15, 0.2) is 6.07 Å². The number of amides is 3. The molecule has 1 aliphatic heterocycles. The van der Waals surface area contributed by atoms with Crippen molar-refractivity contribution in [1.29, 1.82) is 0 Å². The highest BCUT2D eigenvalue weighted by atomic mass is 32.1. The topological polar surface area (TPSA) is 66.5 Å². The van der Waals surface area contributed by atoms with Gasteiger partial charge in [0.1, 0.15) is 12.1 Å². The van der Waals surface area contributed by atoms with Crippen LogP contribution >= 0.6 is 11.3 Å². The first-order chi connectivity index (χ1) is 9.27. The number of imide groups is 1. The molecule has 20 heavy (non-hydrogen) atoms. The number of carbonyl (C=O) groups excluding carboxylic acids is 3. The molecule has 1 saturated heterocycles. The molecule has 0 saturated carbocycles. The number of hydrogen-bond donors (Lipinski definition) is 1. The normalized spacial score (nSPS) is 18.1. The molecule has 1 fully saturated rings. The van der Waals surface area contributed by atoms with Crippen LogP contribution in [-0.2, 0) is 16.0 Å². The first-order valence-corrected chi connectivity index (χ1v) is 7.34. The van der Waals surface area contributed by atoms with Gasteiger partial charge >= 0.3 is 0 Å². The van der Waals surface area contributed by atoms with Gasteiger partial charge in [-0.15, -0.1) is 11.3 Å². The summed E-state index contributed by atoms with van der Waals surface area (Å²) < 4.78 is 0. The lowest BCUT2D eigenvalue weighted by molar-refractivity contribution is -0.143. The molecule has 0 radical (unpaired) electrons. The van der Waals surface area contributed by atoms with Crippen LogP contribution in [0.4, 0.5) is 0 Å². The Kier molecular flexibility index (Phi) is 3.69. The molecule has 108 valence electrons. The molecule has 0 bridgehead atoms. The van der Waals surface area contributed by atoms with Gasteiger partial charge in [-0.1, -0.05) is 6.92 Å². The summed E-state index contributed by atoms with van der Waals surface area (Å²) in [5.41, 5.74) is 0.0568. The highest BCUT2D eigenvalue weighted by molar-refractivity contribution is 7.14. The Bertz CT molecular complexity index is 589. The van der Waals surface area contributed by atoms with E-state index in [-0.39, 0.29) is 12.5 Å². The van der Waals surface area contributed by atoms with E-state index in [0.29, 0.717) is 4.88 Å². The Labute approximate surface area is 122 Å². The zero-order chi connectivity index (χ0) is 15.1. The molecule has 1 aromatic heterocycles. The second kappa shape index (κ2) is 5.01. The van der Waals surface area contributed by atoms with Crippen molar-refractivity contribution in [1.82, 2.24) is 10.2 Å². The average molecular weight is 294 g/mol. The van der Waals surface area contributed by atoms with Gasteiger partial charge < -0.3 is 4.90 Å². The Hall–Kier alpha value is -1.69. The predicted octanol–water partition coefficient (Wildman–Crippen LogP) is 1.50. The van der Waals surface area contributed by atoms with Crippen LogP contribution in [0.3, 0.4) is 0 Å². The van der Waals surface area contributed by atoms with Crippen molar-refractivity contribution < 1.29 is 14.4 Å². The molecule has 0 aliphatic carbocycles. The molecule has 1 aliphatic rings. The summed E-state index contributed by atoms with van der Waals surface area (Å²) in [4.78, 5) is 39.1. The maximum Gasteiger partial charge on any atom is 0.265 e. The SMILES string of the molecule is CCc1sc(C(=O)N2CC(=O)NC(=O)C2(C)C)cc1C. The van der Waals surface area contributed by atoms with E-state index in [1.54, 1.807) is 13.8 Å². The number of nitrogens with zero attached hydrogens (tertiary/aromatic N) is 1. The highest BCUT2D eigenvalue weighted by Crippen LogP contribution is 2.27. The maximum atomic E-state index is 12.6. The van der Waals surface area contributed by atoms with Crippen molar-refractivity contribution in [3.63, 3.8) is 0 Å². The van der Waals surface area contributed by atoms with Crippen LogP contribution in [0.25, 0.3) is 0 Å².